The molecular formula is C18H17N5O. The van der Waals surface area contributed by atoms with Crippen molar-refractivity contribution in [1.82, 2.24) is 19.5 Å². The second-order valence-corrected chi connectivity index (χ2v) is 5.68. The second-order valence-electron chi connectivity index (χ2n) is 5.68. The topological polar surface area (TPSA) is 89.6 Å². The van der Waals surface area contributed by atoms with E-state index in [1.807, 2.05) is 30.5 Å². The molecule has 6 nitrogen and oxygen atoms in total. The smallest absolute Gasteiger partial charge is 0.275 e. The Morgan fingerprint density at radius 1 is 1.17 bits per heavy atom. The van der Waals surface area contributed by atoms with Gasteiger partial charge < -0.3 is 15.3 Å². The number of aromatic amines is 1. The van der Waals surface area contributed by atoms with E-state index in [1.165, 1.54) is 0 Å². The first-order valence-corrected chi connectivity index (χ1v) is 7.91. The third-order valence-corrected chi connectivity index (χ3v) is 4.11. The van der Waals surface area contributed by atoms with E-state index in [0.29, 0.717) is 23.4 Å². The van der Waals surface area contributed by atoms with Gasteiger partial charge in [-0.15, -0.1) is 0 Å². The summed E-state index contributed by atoms with van der Waals surface area (Å²) in [5.41, 5.74) is 8.88. The Labute approximate surface area is 138 Å². The predicted molar refractivity (Wildman–Crippen MR) is 94.8 cm³/mol. The van der Waals surface area contributed by atoms with Gasteiger partial charge in [0.2, 0.25) is 0 Å². The monoisotopic (exact) mass is 319 g/mol. The Bertz CT molecular complexity index is 1080. The van der Waals surface area contributed by atoms with Crippen LogP contribution in [0.5, 0.6) is 0 Å². The van der Waals surface area contributed by atoms with Gasteiger partial charge in [0, 0.05) is 35.4 Å². The van der Waals surface area contributed by atoms with Crippen LogP contribution in [0.4, 0.5) is 0 Å². The van der Waals surface area contributed by atoms with Crippen molar-refractivity contribution in [2.45, 2.75) is 13.0 Å². The highest BCUT2D eigenvalue weighted by Gasteiger charge is 2.15. The largest absolute Gasteiger partial charge is 0.347 e. The molecule has 3 N–H and O–H groups in total. The number of fused-ring (bicyclic) bond motifs is 2. The third-order valence-electron chi connectivity index (χ3n) is 4.11. The molecule has 0 aliphatic carbocycles. The summed E-state index contributed by atoms with van der Waals surface area (Å²) in [4.78, 5) is 24.1. The molecule has 4 aromatic rings. The van der Waals surface area contributed by atoms with Gasteiger partial charge in [-0.05, 0) is 31.2 Å². The van der Waals surface area contributed by atoms with Crippen LogP contribution in [0.15, 0.2) is 53.6 Å². The molecule has 1 aromatic carbocycles. The molecule has 24 heavy (non-hydrogen) atoms. The highest BCUT2D eigenvalue weighted by atomic mass is 16.1. The molecule has 4 rings (SSSR count). The Kier molecular flexibility index (Phi) is 3.59. The average molecular weight is 319 g/mol. The fraction of sp³-hybridized carbons (Fsp3) is 0.167. The molecule has 0 amide bonds. The number of pyridine rings is 1. The molecule has 3 heterocycles. The number of rotatable bonds is 4. The number of benzene rings is 1. The van der Waals surface area contributed by atoms with Crippen molar-refractivity contribution in [2.24, 2.45) is 5.73 Å². The van der Waals surface area contributed by atoms with E-state index >= 15 is 0 Å². The van der Waals surface area contributed by atoms with E-state index in [2.05, 4.69) is 19.5 Å². The number of H-pyrrole nitrogens is 1. The fourth-order valence-electron chi connectivity index (χ4n) is 2.99. The zero-order chi connectivity index (χ0) is 16.5. The van der Waals surface area contributed by atoms with Gasteiger partial charge in [-0.3, -0.25) is 4.79 Å². The summed E-state index contributed by atoms with van der Waals surface area (Å²) in [7, 11) is 0. The highest BCUT2D eigenvalue weighted by molar-refractivity contribution is 5.95. The van der Waals surface area contributed by atoms with E-state index in [9.17, 15) is 4.79 Å². The summed E-state index contributed by atoms with van der Waals surface area (Å²) in [6.07, 6.45) is 4.52. The summed E-state index contributed by atoms with van der Waals surface area (Å²) >= 11 is 0. The van der Waals surface area contributed by atoms with Gasteiger partial charge in [-0.25, -0.2) is 9.97 Å². The Morgan fingerprint density at radius 3 is 2.92 bits per heavy atom. The van der Waals surface area contributed by atoms with E-state index in [4.69, 9.17) is 5.73 Å². The van der Waals surface area contributed by atoms with Crippen LogP contribution < -0.4 is 11.3 Å². The molecule has 0 aliphatic rings. The summed E-state index contributed by atoms with van der Waals surface area (Å²) in [5.74, 6) is 0. The quantitative estimate of drug-likeness (QED) is 0.604. The minimum Gasteiger partial charge on any atom is -0.347 e. The number of nitrogens with two attached hydrogens (primary N) is 1. The summed E-state index contributed by atoms with van der Waals surface area (Å²) in [5, 5.41) is 1.00. The number of aromatic nitrogens is 4. The van der Waals surface area contributed by atoms with Crippen molar-refractivity contribution in [3.63, 3.8) is 0 Å². The molecule has 0 aliphatic heterocycles. The van der Waals surface area contributed by atoms with Crippen LogP contribution in [0.3, 0.4) is 0 Å². The number of hydrogen-bond donors (Lipinski definition) is 2. The zero-order valence-corrected chi connectivity index (χ0v) is 13.1. The Balaban J connectivity index is 1.96. The van der Waals surface area contributed by atoms with Crippen molar-refractivity contribution in [3.05, 3.63) is 59.1 Å². The van der Waals surface area contributed by atoms with Crippen molar-refractivity contribution < 1.29 is 0 Å². The van der Waals surface area contributed by atoms with Crippen molar-refractivity contribution in [2.75, 3.05) is 6.54 Å². The van der Waals surface area contributed by atoms with E-state index in [0.717, 1.165) is 29.4 Å². The Morgan fingerprint density at radius 2 is 2.04 bits per heavy atom. The summed E-state index contributed by atoms with van der Waals surface area (Å²) in [6, 6.07) is 11.6. The molecule has 0 unspecified atom stereocenters. The third kappa shape index (κ3) is 2.37. The van der Waals surface area contributed by atoms with Gasteiger partial charge in [0.25, 0.3) is 5.56 Å². The zero-order valence-electron chi connectivity index (χ0n) is 13.1. The van der Waals surface area contributed by atoms with Crippen LogP contribution in [-0.2, 0) is 6.54 Å². The maximum atomic E-state index is 12.5. The van der Waals surface area contributed by atoms with Crippen LogP contribution in [0.25, 0.3) is 33.3 Å². The maximum Gasteiger partial charge on any atom is 0.275 e. The van der Waals surface area contributed by atoms with Crippen molar-refractivity contribution in [1.29, 1.82) is 0 Å². The normalized spacial score (nSPS) is 11.4. The van der Waals surface area contributed by atoms with Gasteiger partial charge in [0.05, 0.1) is 5.52 Å². The Hall–Kier alpha value is -2.99. The van der Waals surface area contributed by atoms with Gasteiger partial charge in [0.1, 0.15) is 5.69 Å². The molecule has 0 radical (unpaired) electrons. The molecule has 6 heteroatoms. The molecule has 3 aromatic heterocycles. The molecule has 0 saturated carbocycles. The average Bonchev–Trinajstić information content (AvgIpc) is 2.98. The molecule has 0 spiro atoms. The lowest BCUT2D eigenvalue weighted by Gasteiger charge is -2.02. The van der Waals surface area contributed by atoms with Gasteiger partial charge in [-0.1, -0.05) is 18.2 Å². The summed E-state index contributed by atoms with van der Waals surface area (Å²) < 4.78 is 2.13. The second kappa shape index (κ2) is 5.90. The van der Waals surface area contributed by atoms with Crippen LogP contribution in [-0.4, -0.2) is 26.1 Å². The van der Waals surface area contributed by atoms with Gasteiger partial charge in [0.15, 0.2) is 5.65 Å². The van der Waals surface area contributed by atoms with Crippen LogP contribution >= 0.6 is 0 Å². The lowest BCUT2D eigenvalue weighted by molar-refractivity contribution is 0.671. The van der Waals surface area contributed by atoms with E-state index in [1.54, 1.807) is 18.3 Å². The number of aryl methyl sites for hydroxylation is 1. The number of hydrogen-bond acceptors (Lipinski definition) is 4. The minimum absolute atomic E-state index is 0.211. The number of para-hydroxylation sites is 1. The molecule has 0 atom stereocenters. The van der Waals surface area contributed by atoms with Gasteiger partial charge >= 0.3 is 0 Å². The SMILES string of the molecule is NCCCn1cc(-c2nc3ncccc3[nH]c2=O)c2ccccc21. The predicted octanol–water partition coefficient (Wildman–Crippen LogP) is 2.29. The van der Waals surface area contributed by atoms with Crippen LogP contribution in [0.1, 0.15) is 6.42 Å². The van der Waals surface area contributed by atoms with Crippen LogP contribution in [0, 0.1) is 0 Å². The highest BCUT2D eigenvalue weighted by Crippen LogP contribution is 2.28. The minimum atomic E-state index is -0.211. The van der Waals surface area contributed by atoms with Crippen molar-refractivity contribution in [3.8, 4) is 11.3 Å². The van der Waals surface area contributed by atoms with Crippen molar-refractivity contribution >= 4 is 22.1 Å². The number of nitrogens with one attached hydrogen (secondary N) is 1. The molecule has 0 fully saturated rings. The summed E-state index contributed by atoms with van der Waals surface area (Å²) in [6.45, 7) is 1.43. The molecule has 0 saturated heterocycles. The first-order valence-electron chi connectivity index (χ1n) is 7.91. The van der Waals surface area contributed by atoms with E-state index in [-0.39, 0.29) is 5.56 Å². The first-order chi connectivity index (χ1) is 11.8. The van der Waals surface area contributed by atoms with E-state index < -0.39 is 0 Å². The van der Waals surface area contributed by atoms with Gasteiger partial charge in [-0.2, -0.15) is 0 Å². The van der Waals surface area contributed by atoms with Crippen LogP contribution in [0.2, 0.25) is 0 Å². The molecule has 0 bridgehead atoms. The molecule has 120 valence electrons. The lowest BCUT2D eigenvalue weighted by Crippen LogP contribution is -2.11. The number of nitrogens with zero attached hydrogens (tertiary/aromatic N) is 3. The molecular weight excluding hydrogens is 302 g/mol. The standard InChI is InChI=1S/C18H17N5O/c19-8-4-10-23-11-13(12-5-1-2-7-15(12)23)16-18(24)21-14-6-3-9-20-17(14)22-16/h1-3,5-7,9,11H,4,8,10,19H2,(H,21,24). The lowest BCUT2D eigenvalue weighted by atomic mass is 10.1. The first kappa shape index (κ1) is 14.6. The fourth-order valence-corrected chi connectivity index (χ4v) is 2.99. The maximum absolute atomic E-state index is 12.5.